The highest BCUT2D eigenvalue weighted by Gasteiger charge is 2.14. The summed E-state index contributed by atoms with van der Waals surface area (Å²) < 4.78 is 10.2. The van der Waals surface area contributed by atoms with Gasteiger partial charge in [0, 0.05) is 12.3 Å². The molecule has 21 heavy (non-hydrogen) atoms. The molecular weight excluding hydrogens is 268 g/mol. The van der Waals surface area contributed by atoms with Gasteiger partial charge < -0.3 is 9.47 Å². The summed E-state index contributed by atoms with van der Waals surface area (Å²) in [7, 11) is 0. The monoisotopic (exact) mass is 294 g/mol. The van der Waals surface area contributed by atoms with Crippen LogP contribution in [0.25, 0.3) is 0 Å². The second-order valence-electron chi connectivity index (χ2n) is 4.35. The molecule has 1 rings (SSSR count). The van der Waals surface area contributed by atoms with Crippen molar-refractivity contribution in [2.24, 2.45) is 5.92 Å². The number of ether oxygens (including phenoxy) is 2. The predicted octanol–water partition coefficient (Wildman–Crippen LogP) is 3.99. The topological polar surface area (TPSA) is 52.6 Å². The first kappa shape index (κ1) is 19.2. The number of rotatable bonds is 8. The van der Waals surface area contributed by atoms with E-state index in [4.69, 9.17) is 9.47 Å². The third-order valence-electron chi connectivity index (χ3n) is 2.95. The van der Waals surface area contributed by atoms with Crippen molar-refractivity contribution in [2.75, 3.05) is 6.79 Å². The van der Waals surface area contributed by atoms with Crippen LogP contribution in [-0.2, 0) is 14.3 Å². The Morgan fingerprint density at radius 1 is 1.14 bits per heavy atom. The highest BCUT2D eigenvalue weighted by Crippen LogP contribution is 2.13. The van der Waals surface area contributed by atoms with E-state index < -0.39 is 0 Å². The molecule has 0 N–H and O–H groups in total. The van der Waals surface area contributed by atoms with Crippen LogP contribution in [0.15, 0.2) is 30.3 Å². The van der Waals surface area contributed by atoms with Crippen LogP contribution in [0.1, 0.15) is 47.0 Å². The zero-order valence-corrected chi connectivity index (χ0v) is 13.4. The van der Waals surface area contributed by atoms with E-state index in [1.54, 1.807) is 19.1 Å². The molecule has 0 aromatic heterocycles. The number of esters is 1. The smallest absolute Gasteiger partial charge is 0.308 e. The molecule has 1 aromatic carbocycles. The van der Waals surface area contributed by atoms with Crippen LogP contribution < -0.4 is 4.74 Å². The minimum atomic E-state index is -0.337. The van der Waals surface area contributed by atoms with Gasteiger partial charge in [-0.15, -0.1) is 0 Å². The number of hydrogen-bond donors (Lipinski definition) is 0. The maximum Gasteiger partial charge on any atom is 0.308 e. The number of Topliss-reactive ketones (excluding diaryl/α,β-unsaturated/α-hetero) is 1. The maximum absolute atomic E-state index is 11.5. The van der Waals surface area contributed by atoms with Gasteiger partial charge in [0.25, 0.3) is 0 Å². The molecule has 1 atom stereocenters. The van der Waals surface area contributed by atoms with E-state index in [1.165, 1.54) is 0 Å². The molecule has 0 bridgehead atoms. The molecule has 0 aliphatic carbocycles. The summed E-state index contributed by atoms with van der Waals surface area (Å²) >= 11 is 0. The second-order valence-corrected chi connectivity index (χ2v) is 4.35. The third-order valence-corrected chi connectivity index (χ3v) is 2.95. The number of ketones is 1. The molecule has 0 aliphatic rings. The molecule has 0 saturated heterocycles. The number of carbonyl (C=O) groups is 2. The fourth-order valence-electron chi connectivity index (χ4n) is 1.74. The standard InChI is InChI=1S/C15H20O4.C2H6/c1-3-13(12(2)16)9-10-15(17)19-11-18-14-7-5-4-6-8-14;1-2/h4-8,13H,3,9-11H2,1-2H3;1-2H3. The van der Waals surface area contributed by atoms with Crippen LogP contribution in [0.2, 0.25) is 0 Å². The Kier molecular flexibility index (Phi) is 10.9. The molecule has 0 spiro atoms. The Morgan fingerprint density at radius 2 is 1.76 bits per heavy atom. The first-order valence-corrected chi connectivity index (χ1v) is 7.47. The molecule has 1 unspecified atom stereocenters. The molecule has 0 fully saturated rings. The number of para-hydroxylation sites is 1. The van der Waals surface area contributed by atoms with Crippen LogP contribution in [0.5, 0.6) is 5.75 Å². The minimum Gasteiger partial charge on any atom is -0.457 e. The van der Waals surface area contributed by atoms with E-state index in [2.05, 4.69) is 0 Å². The number of hydrogen-bond acceptors (Lipinski definition) is 4. The van der Waals surface area contributed by atoms with Crippen LogP contribution in [-0.4, -0.2) is 18.5 Å². The van der Waals surface area contributed by atoms with Crippen molar-refractivity contribution in [3.63, 3.8) is 0 Å². The first-order chi connectivity index (χ1) is 10.1. The van der Waals surface area contributed by atoms with Crippen molar-refractivity contribution in [1.29, 1.82) is 0 Å². The lowest BCUT2D eigenvalue weighted by atomic mass is 9.97. The molecular formula is C17H26O4. The van der Waals surface area contributed by atoms with Crippen LogP contribution in [0.3, 0.4) is 0 Å². The minimum absolute atomic E-state index is 0.0532. The molecule has 4 heteroatoms. The van der Waals surface area contributed by atoms with Crippen molar-refractivity contribution in [1.82, 2.24) is 0 Å². The van der Waals surface area contributed by atoms with Gasteiger partial charge in [-0.1, -0.05) is 39.0 Å². The Labute approximate surface area is 127 Å². The van der Waals surface area contributed by atoms with Crippen molar-refractivity contribution < 1.29 is 19.1 Å². The average Bonchev–Trinajstić information content (AvgIpc) is 2.50. The number of benzene rings is 1. The van der Waals surface area contributed by atoms with E-state index in [1.807, 2.05) is 39.0 Å². The van der Waals surface area contributed by atoms with Crippen molar-refractivity contribution in [3.8, 4) is 5.75 Å². The van der Waals surface area contributed by atoms with Crippen LogP contribution in [0, 0.1) is 5.92 Å². The largest absolute Gasteiger partial charge is 0.457 e. The van der Waals surface area contributed by atoms with Crippen LogP contribution >= 0.6 is 0 Å². The molecule has 0 aliphatic heterocycles. The second kappa shape index (κ2) is 11.9. The van der Waals surface area contributed by atoms with Gasteiger partial charge in [-0.3, -0.25) is 9.59 Å². The van der Waals surface area contributed by atoms with E-state index in [0.29, 0.717) is 12.2 Å². The lowest BCUT2D eigenvalue weighted by Gasteiger charge is -2.11. The lowest BCUT2D eigenvalue weighted by molar-refractivity contribution is -0.150. The van der Waals surface area contributed by atoms with Gasteiger partial charge in [-0.05, 0) is 31.9 Å². The van der Waals surface area contributed by atoms with Crippen molar-refractivity contribution in [2.45, 2.75) is 47.0 Å². The summed E-state index contributed by atoms with van der Waals surface area (Å²) in [5.41, 5.74) is 0. The van der Waals surface area contributed by atoms with Crippen molar-refractivity contribution in [3.05, 3.63) is 30.3 Å². The molecule has 4 nitrogen and oxygen atoms in total. The fourth-order valence-corrected chi connectivity index (χ4v) is 1.74. The Bertz CT molecular complexity index is 401. The molecule has 0 amide bonds. The summed E-state index contributed by atoms with van der Waals surface area (Å²) in [5, 5.41) is 0. The number of carbonyl (C=O) groups excluding carboxylic acids is 2. The summed E-state index contributed by atoms with van der Waals surface area (Å²) in [4.78, 5) is 22.7. The van der Waals surface area contributed by atoms with Gasteiger partial charge in [0.05, 0.1) is 0 Å². The SMILES string of the molecule is CC.CCC(CCC(=O)OCOc1ccccc1)C(C)=O. The zero-order chi connectivity index (χ0) is 16.1. The molecule has 0 radical (unpaired) electrons. The highest BCUT2D eigenvalue weighted by atomic mass is 16.7. The Balaban J connectivity index is 0.00000191. The quantitative estimate of drug-likeness (QED) is 0.537. The summed E-state index contributed by atoms with van der Waals surface area (Å²) in [5.74, 6) is 0.388. The molecule has 1 aromatic rings. The van der Waals surface area contributed by atoms with Gasteiger partial charge in [0.15, 0.2) is 0 Å². The van der Waals surface area contributed by atoms with E-state index in [-0.39, 0.29) is 30.9 Å². The fraction of sp³-hybridized carbons (Fsp3) is 0.529. The average molecular weight is 294 g/mol. The molecule has 0 heterocycles. The lowest BCUT2D eigenvalue weighted by Crippen LogP contribution is -2.15. The van der Waals surface area contributed by atoms with E-state index >= 15 is 0 Å². The Hall–Kier alpha value is -1.84. The first-order valence-electron chi connectivity index (χ1n) is 7.47. The van der Waals surface area contributed by atoms with Gasteiger partial charge in [0.2, 0.25) is 6.79 Å². The highest BCUT2D eigenvalue weighted by molar-refractivity contribution is 5.79. The van der Waals surface area contributed by atoms with E-state index in [0.717, 1.165) is 6.42 Å². The maximum atomic E-state index is 11.5. The Morgan fingerprint density at radius 3 is 2.29 bits per heavy atom. The van der Waals surface area contributed by atoms with Gasteiger partial charge in [-0.2, -0.15) is 0 Å². The predicted molar refractivity (Wildman–Crippen MR) is 83.1 cm³/mol. The third kappa shape index (κ3) is 8.84. The summed E-state index contributed by atoms with van der Waals surface area (Å²) in [6.07, 6.45) is 1.54. The van der Waals surface area contributed by atoms with Crippen LogP contribution in [0.4, 0.5) is 0 Å². The van der Waals surface area contributed by atoms with Gasteiger partial charge >= 0.3 is 5.97 Å². The molecule has 0 saturated carbocycles. The molecule has 118 valence electrons. The van der Waals surface area contributed by atoms with E-state index in [9.17, 15) is 9.59 Å². The van der Waals surface area contributed by atoms with Crippen molar-refractivity contribution >= 4 is 11.8 Å². The van der Waals surface area contributed by atoms with Gasteiger partial charge in [0.1, 0.15) is 11.5 Å². The summed E-state index contributed by atoms with van der Waals surface area (Å²) in [6, 6.07) is 9.14. The summed E-state index contributed by atoms with van der Waals surface area (Å²) in [6.45, 7) is 7.40. The zero-order valence-electron chi connectivity index (χ0n) is 13.4. The van der Waals surface area contributed by atoms with Gasteiger partial charge in [-0.25, -0.2) is 0 Å². The normalized spacial score (nSPS) is 10.9.